The first-order chi connectivity index (χ1) is 11.3. The quantitative estimate of drug-likeness (QED) is 0.819. The molecule has 23 heavy (non-hydrogen) atoms. The van der Waals surface area contributed by atoms with Gasteiger partial charge in [-0.05, 0) is 37.6 Å². The Morgan fingerprint density at radius 1 is 1.17 bits per heavy atom. The Balaban J connectivity index is 1.54. The summed E-state index contributed by atoms with van der Waals surface area (Å²) in [6.07, 6.45) is 5.99. The molecule has 0 aliphatic carbocycles. The monoisotopic (exact) mass is 312 g/mol. The number of hydrogen-bond donors (Lipinski definition) is 0. The minimum atomic E-state index is 0.576. The fourth-order valence-electron chi connectivity index (χ4n) is 3.15. The summed E-state index contributed by atoms with van der Waals surface area (Å²) >= 11 is 0. The Hall–Kier alpha value is -2.07. The van der Waals surface area contributed by atoms with Gasteiger partial charge in [-0.25, -0.2) is 0 Å². The SMILES string of the molecule is COc1ccccc1CN1CCCC(COc2ccncc2)C1. The van der Waals surface area contributed by atoms with Gasteiger partial charge >= 0.3 is 0 Å². The van der Waals surface area contributed by atoms with Gasteiger partial charge in [0.1, 0.15) is 11.5 Å². The lowest BCUT2D eigenvalue weighted by molar-refractivity contribution is 0.124. The van der Waals surface area contributed by atoms with Gasteiger partial charge in [0, 0.05) is 37.0 Å². The number of likely N-dealkylation sites (tertiary alicyclic amines) is 1. The zero-order chi connectivity index (χ0) is 15.9. The summed E-state index contributed by atoms with van der Waals surface area (Å²) in [4.78, 5) is 6.52. The second-order valence-electron chi connectivity index (χ2n) is 6.05. The van der Waals surface area contributed by atoms with Crippen molar-refractivity contribution in [1.82, 2.24) is 9.88 Å². The molecule has 1 atom stereocenters. The highest BCUT2D eigenvalue weighted by Crippen LogP contribution is 2.24. The van der Waals surface area contributed by atoms with Crippen molar-refractivity contribution in [3.63, 3.8) is 0 Å². The molecule has 3 rings (SSSR count). The molecule has 1 aliphatic rings. The lowest BCUT2D eigenvalue weighted by atomic mass is 9.98. The highest BCUT2D eigenvalue weighted by Gasteiger charge is 2.21. The molecule has 2 aromatic rings. The van der Waals surface area contributed by atoms with Gasteiger partial charge in [-0.1, -0.05) is 18.2 Å². The van der Waals surface area contributed by atoms with Gasteiger partial charge in [0.05, 0.1) is 13.7 Å². The maximum absolute atomic E-state index is 5.90. The fraction of sp³-hybridized carbons (Fsp3) is 0.421. The largest absolute Gasteiger partial charge is 0.496 e. The van der Waals surface area contributed by atoms with Gasteiger partial charge in [-0.15, -0.1) is 0 Å². The van der Waals surface area contributed by atoms with Gasteiger partial charge < -0.3 is 9.47 Å². The van der Waals surface area contributed by atoms with Crippen LogP contribution in [0.15, 0.2) is 48.8 Å². The molecular formula is C19H24N2O2. The minimum absolute atomic E-state index is 0.576. The molecule has 4 nitrogen and oxygen atoms in total. The first kappa shape index (κ1) is 15.8. The van der Waals surface area contributed by atoms with Crippen LogP contribution in [0.25, 0.3) is 0 Å². The number of rotatable bonds is 6. The van der Waals surface area contributed by atoms with Gasteiger partial charge in [-0.2, -0.15) is 0 Å². The van der Waals surface area contributed by atoms with E-state index in [0.717, 1.165) is 37.7 Å². The van der Waals surface area contributed by atoms with Crippen LogP contribution in [0, 0.1) is 5.92 Å². The zero-order valence-electron chi connectivity index (χ0n) is 13.6. The van der Waals surface area contributed by atoms with E-state index in [0.29, 0.717) is 5.92 Å². The van der Waals surface area contributed by atoms with Crippen LogP contribution in [0.3, 0.4) is 0 Å². The number of methoxy groups -OCH3 is 1. The van der Waals surface area contributed by atoms with Crippen LogP contribution in [0.1, 0.15) is 18.4 Å². The van der Waals surface area contributed by atoms with Crippen molar-refractivity contribution in [3.8, 4) is 11.5 Å². The molecule has 0 bridgehead atoms. The number of ether oxygens (including phenoxy) is 2. The highest BCUT2D eigenvalue weighted by molar-refractivity contribution is 5.33. The summed E-state index contributed by atoms with van der Waals surface area (Å²) in [7, 11) is 1.74. The maximum atomic E-state index is 5.90. The highest BCUT2D eigenvalue weighted by atomic mass is 16.5. The van der Waals surface area contributed by atoms with Crippen LogP contribution in [0.4, 0.5) is 0 Å². The second-order valence-corrected chi connectivity index (χ2v) is 6.05. The number of aromatic nitrogens is 1. The van der Waals surface area contributed by atoms with Crippen molar-refractivity contribution >= 4 is 0 Å². The normalized spacial score (nSPS) is 18.6. The van der Waals surface area contributed by atoms with Crippen molar-refractivity contribution in [2.45, 2.75) is 19.4 Å². The number of piperidine rings is 1. The number of benzene rings is 1. The van der Waals surface area contributed by atoms with Gasteiger partial charge in [0.25, 0.3) is 0 Å². The predicted molar refractivity (Wildman–Crippen MR) is 90.7 cm³/mol. The van der Waals surface area contributed by atoms with Crippen molar-refractivity contribution in [2.24, 2.45) is 5.92 Å². The Kier molecular flexibility index (Phi) is 5.48. The number of pyridine rings is 1. The molecule has 1 unspecified atom stereocenters. The molecule has 0 N–H and O–H groups in total. The van der Waals surface area contributed by atoms with Gasteiger partial charge in [0.2, 0.25) is 0 Å². The van der Waals surface area contributed by atoms with E-state index in [4.69, 9.17) is 9.47 Å². The third-order valence-corrected chi connectivity index (χ3v) is 4.33. The summed E-state index contributed by atoms with van der Waals surface area (Å²) in [6.45, 7) is 3.93. The Labute approximate surface area is 138 Å². The molecule has 4 heteroatoms. The number of nitrogens with zero attached hydrogens (tertiary/aromatic N) is 2. The molecular weight excluding hydrogens is 288 g/mol. The van der Waals surface area contributed by atoms with Crippen LogP contribution < -0.4 is 9.47 Å². The summed E-state index contributed by atoms with van der Waals surface area (Å²) in [5.41, 5.74) is 1.26. The van der Waals surface area contributed by atoms with Crippen molar-refractivity contribution in [1.29, 1.82) is 0 Å². The Bertz CT molecular complexity index is 603. The first-order valence-corrected chi connectivity index (χ1v) is 8.22. The summed E-state index contributed by atoms with van der Waals surface area (Å²) in [6, 6.07) is 12.1. The summed E-state index contributed by atoms with van der Waals surface area (Å²) < 4.78 is 11.4. The first-order valence-electron chi connectivity index (χ1n) is 8.22. The predicted octanol–water partition coefficient (Wildman–Crippen LogP) is 3.38. The van der Waals surface area contributed by atoms with E-state index in [2.05, 4.69) is 22.0 Å². The molecule has 122 valence electrons. The topological polar surface area (TPSA) is 34.6 Å². The number of hydrogen-bond acceptors (Lipinski definition) is 4. The Morgan fingerprint density at radius 2 is 2.00 bits per heavy atom. The van der Waals surface area contributed by atoms with E-state index >= 15 is 0 Å². The van der Waals surface area contributed by atoms with Crippen molar-refractivity contribution in [3.05, 3.63) is 54.4 Å². The van der Waals surface area contributed by atoms with E-state index in [9.17, 15) is 0 Å². The average molecular weight is 312 g/mol. The van der Waals surface area contributed by atoms with E-state index in [-0.39, 0.29) is 0 Å². The van der Waals surface area contributed by atoms with Gasteiger partial charge in [0.15, 0.2) is 0 Å². The minimum Gasteiger partial charge on any atom is -0.496 e. The molecule has 1 aliphatic heterocycles. The second kappa shape index (κ2) is 7.97. The molecule has 1 aromatic carbocycles. The van der Waals surface area contributed by atoms with Crippen molar-refractivity contribution < 1.29 is 9.47 Å². The number of para-hydroxylation sites is 1. The third-order valence-electron chi connectivity index (χ3n) is 4.33. The van der Waals surface area contributed by atoms with E-state index in [1.165, 1.54) is 18.4 Å². The molecule has 0 spiro atoms. The standard InChI is InChI=1S/C19H24N2O2/c1-22-19-7-3-2-6-17(19)14-21-12-4-5-16(13-21)15-23-18-8-10-20-11-9-18/h2-3,6-11,16H,4-5,12-15H2,1H3. The molecule has 0 radical (unpaired) electrons. The summed E-state index contributed by atoms with van der Waals surface area (Å²) in [5.74, 6) is 2.45. The van der Waals surface area contributed by atoms with E-state index in [1.807, 2.05) is 24.3 Å². The van der Waals surface area contributed by atoms with E-state index in [1.54, 1.807) is 19.5 Å². The molecule has 1 fully saturated rings. The fourth-order valence-corrected chi connectivity index (χ4v) is 3.15. The van der Waals surface area contributed by atoms with Crippen LogP contribution in [0.2, 0.25) is 0 Å². The van der Waals surface area contributed by atoms with E-state index < -0.39 is 0 Å². The molecule has 0 amide bonds. The lowest BCUT2D eigenvalue weighted by Gasteiger charge is -2.32. The zero-order valence-corrected chi connectivity index (χ0v) is 13.6. The lowest BCUT2D eigenvalue weighted by Crippen LogP contribution is -2.37. The third kappa shape index (κ3) is 4.45. The summed E-state index contributed by atoms with van der Waals surface area (Å²) in [5, 5.41) is 0. The molecule has 0 saturated carbocycles. The van der Waals surface area contributed by atoms with Crippen LogP contribution >= 0.6 is 0 Å². The molecule has 1 aromatic heterocycles. The van der Waals surface area contributed by atoms with Crippen molar-refractivity contribution in [2.75, 3.05) is 26.8 Å². The van der Waals surface area contributed by atoms with Crippen LogP contribution in [-0.4, -0.2) is 36.7 Å². The maximum Gasteiger partial charge on any atom is 0.123 e. The molecule has 2 heterocycles. The van der Waals surface area contributed by atoms with Crippen LogP contribution in [-0.2, 0) is 6.54 Å². The van der Waals surface area contributed by atoms with Crippen LogP contribution in [0.5, 0.6) is 11.5 Å². The average Bonchev–Trinajstić information content (AvgIpc) is 2.62. The Morgan fingerprint density at radius 3 is 2.83 bits per heavy atom. The van der Waals surface area contributed by atoms with Gasteiger partial charge in [-0.3, -0.25) is 9.88 Å². The molecule has 1 saturated heterocycles. The smallest absolute Gasteiger partial charge is 0.123 e.